The van der Waals surface area contributed by atoms with Gasteiger partial charge in [0, 0.05) is 6.07 Å². The Morgan fingerprint density at radius 3 is 2.57 bits per heavy atom. The molecule has 0 saturated heterocycles. The third-order valence-corrected chi connectivity index (χ3v) is 3.50. The van der Waals surface area contributed by atoms with Crippen molar-refractivity contribution in [3.63, 3.8) is 0 Å². The van der Waals surface area contributed by atoms with Crippen LogP contribution in [0.4, 0.5) is 5.82 Å². The van der Waals surface area contributed by atoms with Crippen molar-refractivity contribution in [1.82, 2.24) is 9.88 Å². The van der Waals surface area contributed by atoms with Gasteiger partial charge in [-0.2, -0.15) is 0 Å². The Kier molecular flexibility index (Phi) is 3.21. The van der Waals surface area contributed by atoms with Gasteiger partial charge in [-0.05, 0) is 17.7 Å². The van der Waals surface area contributed by atoms with Crippen LogP contribution >= 0.6 is 0 Å². The maximum atomic E-state index is 12.3. The summed E-state index contributed by atoms with van der Waals surface area (Å²) in [5, 5.41) is 2.10. The predicted octanol–water partition coefficient (Wildman–Crippen LogP) is -0.669. The van der Waals surface area contributed by atoms with E-state index in [9.17, 15) is 19.2 Å². The van der Waals surface area contributed by atoms with Crippen molar-refractivity contribution in [2.24, 2.45) is 5.73 Å². The summed E-state index contributed by atoms with van der Waals surface area (Å²) in [6.07, 6.45) is 0.00636. The second kappa shape index (κ2) is 5.09. The first-order chi connectivity index (χ1) is 10.9. The van der Waals surface area contributed by atoms with Crippen LogP contribution in [0.15, 0.2) is 35.1 Å². The number of benzene rings is 1. The Labute approximate surface area is 129 Å². The quantitative estimate of drug-likeness (QED) is 0.645. The summed E-state index contributed by atoms with van der Waals surface area (Å²) in [7, 11) is 0. The lowest BCUT2D eigenvalue weighted by Gasteiger charge is -2.12. The minimum atomic E-state index is -0.650. The van der Waals surface area contributed by atoms with Gasteiger partial charge in [0.25, 0.3) is 17.4 Å². The van der Waals surface area contributed by atoms with Crippen LogP contribution in [0.25, 0.3) is 5.69 Å². The van der Waals surface area contributed by atoms with Crippen molar-refractivity contribution in [2.75, 3.05) is 5.73 Å². The number of imide groups is 1. The zero-order chi connectivity index (χ0) is 16.7. The van der Waals surface area contributed by atoms with Crippen molar-refractivity contribution >= 4 is 23.5 Å². The number of carbonyl (C=O) groups excluding carboxylic acids is 3. The van der Waals surface area contributed by atoms with Gasteiger partial charge in [0.1, 0.15) is 5.82 Å². The first-order valence-corrected chi connectivity index (χ1v) is 6.67. The average molecular weight is 312 g/mol. The molecule has 23 heavy (non-hydrogen) atoms. The molecule has 1 aromatic carbocycles. The van der Waals surface area contributed by atoms with Crippen LogP contribution < -0.4 is 22.3 Å². The van der Waals surface area contributed by atoms with E-state index >= 15 is 0 Å². The molecular weight excluding hydrogens is 300 g/mol. The summed E-state index contributed by atoms with van der Waals surface area (Å²) in [6.45, 7) is 0. The minimum absolute atomic E-state index is 0.00636. The third-order valence-electron chi connectivity index (χ3n) is 3.50. The Morgan fingerprint density at radius 2 is 1.87 bits per heavy atom. The number of fused-ring (bicyclic) bond motifs is 1. The van der Waals surface area contributed by atoms with Gasteiger partial charge >= 0.3 is 0 Å². The van der Waals surface area contributed by atoms with Gasteiger partial charge < -0.3 is 11.5 Å². The van der Waals surface area contributed by atoms with Crippen molar-refractivity contribution in [3.8, 4) is 5.69 Å². The van der Waals surface area contributed by atoms with E-state index < -0.39 is 23.3 Å². The van der Waals surface area contributed by atoms with Gasteiger partial charge in [-0.3, -0.25) is 29.1 Å². The van der Waals surface area contributed by atoms with Gasteiger partial charge in [-0.25, -0.2) is 0 Å². The van der Waals surface area contributed by atoms with E-state index in [4.69, 9.17) is 11.5 Å². The molecule has 116 valence electrons. The van der Waals surface area contributed by atoms with Crippen LogP contribution in [0.1, 0.15) is 26.3 Å². The summed E-state index contributed by atoms with van der Waals surface area (Å²) in [6, 6.07) is 7.55. The molecule has 0 fully saturated rings. The summed E-state index contributed by atoms with van der Waals surface area (Å²) in [5.74, 6) is -1.94. The number of pyridine rings is 1. The predicted molar refractivity (Wildman–Crippen MR) is 81.1 cm³/mol. The summed E-state index contributed by atoms with van der Waals surface area (Å²) >= 11 is 0. The van der Waals surface area contributed by atoms with Crippen LogP contribution in [0.2, 0.25) is 0 Å². The molecule has 0 radical (unpaired) electrons. The first-order valence-electron chi connectivity index (χ1n) is 6.67. The van der Waals surface area contributed by atoms with E-state index in [0.717, 1.165) is 10.6 Å². The number of rotatable bonds is 3. The highest BCUT2D eigenvalue weighted by Gasteiger charge is 2.31. The number of carbonyl (C=O) groups is 3. The molecule has 0 bridgehead atoms. The molecule has 8 heteroatoms. The molecule has 5 N–H and O–H groups in total. The lowest BCUT2D eigenvalue weighted by atomic mass is 10.1. The molecule has 2 heterocycles. The molecule has 8 nitrogen and oxygen atoms in total. The number of nitrogens with two attached hydrogens (primary N) is 2. The Morgan fingerprint density at radius 1 is 1.13 bits per heavy atom. The second-order valence-electron chi connectivity index (χ2n) is 5.09. The minimum Gasteiger partial charge on any atom is -0.384 e. The number of amides is 3. The summed E-state index contributed by atoms with van der Waals surface area (Å²) in [5.41, 5.74) is 11.4. The van der Waals surface area contributed by atoms with Crippen LogP contribution in [0.3, 0.4) is 0 Å². The maximum Gasteiger partial charge on any atom is 0.262 e. The van der Waals surface area contributed by atoms with E-state index in [1.54, 1.807) is 24.3 Å². The normalized spacial score (nSPS) is 12.9. The second-order valence-corrected chi connectivity index (χ2v) is 5.09. The number of nitrogens with zero attached hydrogens (tertiary/aromatic N) is 1. The number of anilines is 1. The number of aromatic nitrogens is 1. The fourth-order valence-corrected chi connectivity index (χ4v) is 2.55. The molecule has 0 unspecified atom stereocenters. The molecule has 1 aromatic heterocycles. The van der Waals surface area contributed by atoms with E-state index in [1.165, 1.54) is 0 Å². The molecule has 0 saturated carbocycles. The number of nitrogen functional groups attached to an aromatic ring is 1. The molecule has 0 spiro atoms. The number of hydrogen-bond acceptors (Lipinski definition) is 5. The van der Waals surface area contributed by atoms with Gasteiger partial charge in [0.05, 0.1) is 23.2 Å². The molecule has 0 aliphatic carbocycles. The number of hydrogen-bond donors (Lipinski definition) is 3. The van der Waals surface area contributed by atoms with Gasteiger partial charge in [-0.15, -0.1) is 0 Å². The first kappa shape index (κ1) is 14.5. The van der Waals surface area contributed by atoms with Crippen molar-refractivity contribution < 1.29 is 14.4 Å². The maximum absolute atomic E-state index is 12.3. The van der Waals surface area contributed by atoms with E-state index in [2.05, 4.69) is 5.32 Å². The topological polar surface area (TPSA) is 137 Å². The monoisotopic (exact) mass is 312 g/mol. The van der Waals surface area contributed by atoms with Crippen molar-refractivity contribution in [2.45, 2.75) is 6.42 Å². The smallest absolute Gasteiger partial charge is 0.262 e. The molecule has 1 aliphatic rings. The van der Waals surface area contributed by atoms with E-state index in [0.29, 0.717) is 11.3 Å². The average Bonchev–Trinajstić information content (AvgIpc) is 2.73. The highest BCUT2D eigenvalue weighted by molar-refractivity contribution is 6.23. The highest BCUT2D eigenvalue weighted by Crippen LogP contribution is 2.23. The fraction of sp³-hybridized carbons (Fsp3) is 0.0667. The zero-order valence-electron chi connectivity index (χ0n) is 11.8. The van der Waals surface area contributed by atoms with Gasteiger partial charge in [0.15, 0.2) is 0 Å². The molecular formula is C15H12N4O4. The van der Waals surface area contributed by atoms with E-state index in [-0.39, 0.29) is 23.4 Å². The highest BCUT2D eigenvalue weighted by atomic mass is 16.2. The van der Waals surface area contributed by atoms with Gasteiger partial charge in [0.2, 0.25) is 5.91 Å². The lowest BCUT2D eigenvalue weighted by Crippen LogP contribution is -2.24. The van der Waals surface area contributed by atoms with Crippen molar-refractivity contribution in [3.05, 3.63) is 57.4 Å². The largest absolute Gasteiger partial charge is 0.384 e. The van der Waals surface area contributed by atoms with E-state index in [1.807, 2.05) is 0 Å². The van der Waals surface area contributed by atoms with Crippen LogP contribution in [0.5, 0.6) is 0 Å². The molecule has 0 atom stereocenters. The van der Waals surface area contributed by atoms with Crippen LogP contribution in [-0.2, 0) is 11.2 Å². The molecule has 3 amide bonds. The van der Waals surface area contributed by atoms with Crippen LogP contribution in [-0.4, -0.2) is 22.3 Å². The number of primary amides is 1. The summed E-state index contributed by atoms with van der Waals surface area (Å²) in [4.78, 5) is 46.7. The lowest BCUT2D eigenvalue weighted by molar-refractivity contribution is -0.117. The van der Waals surface area contributed by atoms with Crippen LogP contribution in [0, 0.1) is 0 Å². The Hall–Kier alpha value is -3.42. The van der Waals surface area contributed by atoms with Crippen molar-refractivity contribution in [1.29, 1.82) is 0 Å². The van der Waals surface area contributed by atoms with Gasteiger partial charge in [-0.1, -0.05) is 12.1 Å². The molecule has 1 aliphatic heterocycles. The zero-order valence-corrected chi connectivity index (χ0v) is 11.8. The number of nitrogens with one attached hydrogen (secondary N) is 1. The molecule has 3 rings (SSSR count). The summed E-state index contributed by atoms with van der Waals surface area (Å²) < 4.78 is 1.11. The Balaban J connectivity index is 2.21. The third kappa shape index (κ3) is 2.35. The Bertz CT molecular complexity index is 930. The molecule has 2 aromatic rings. The standard InChI is InChI=1S/C15H12N4O4/c16-10(20)5-7-2-1-3-8(4-7)19-11(21)6-9-12(13(19)17)15(23)18-14(9)22/h1-4,6H,5,17H2,(H2,16,20)(H,18,22,23). The fourth-order valence-electron chi connectivity index (χ4n) is 2.55. The SMILES string of the molecule is NC(=O)Cc1cccc(-n2c(N)c3c(cc2=O)C(=O)NC3=O)c1.